The molecule has 2 heterocycles. The highest BCUT2D eigenvalue weighted by Crippen LogP contribution is 2.41. The fraction of sp³-hybridized carbons (Fsp3) is 0.459. The van der Waals surface area contributed by atoms with Crippen LogP contribution in [-0.4, -0.2) is 42.8 Å². The van der Waals surface area contributed by atoms with Gasteiger partial charge in [0.15, 0.2) is 5.78 Å². The Hall–Kier alpha value is -2.70. The second kappa shape index (κ2) is 15.1. The maximum atomic E-state index is 14.2. The molecule has 2 aliphatic rings. The molecule has 2 N–H and O–H groups in total. The van der Waals surface area contributed by atoms with Gasteiger partial charge >= 0.3 is 0 Å². The molecule has 3 aromatic carbocycles. The van der Waals surface area contributed by atoms with Crippen molar-refractivity contribution in [1.82, 2.24) is 15.5 Å². The fourth-order valence-electron chi connectivity index (χ4n) is 7.16. The van der Waals surface area contributed by atoms with E-state index in [4.69, 9.17) is 23.2 Å². The molecule has 5 rings (SSSR count). The third kappa shape index (κ3) is 7.92. The first-order chi connectivity index (χ1) is 21.3. The minimum atomic E-state index is -0.432. The Balaban J connectivity index is 1.46. The van der Waals surface area contributed by atoms with E-state index in [2.05, 4.69) is 59.7 Å². The first-order valence-corrected chi connectivity index (χ1v) is 16.9. The van der Waals surface area contributed by atoms with Gasteiger partial charge in [0, 0.05) is 37.0 Å². The second-order valence-electron chi connectivity index (χ2n) is 13.0. The number of nitrogens with one attached hydrogen (secondary N) is 2. The summed E-state index contributed by atoms with van der Waals surface area (Å²) < 4.78 is 0. The standard InChI is InChI=1S/C37H45Cl2N3O2/c1-26(2)22-35(43)41-37(30-13-7-4-8-14-30)17-20-42(21-18-37)34(28-15-16-32(38)33(39)23-28)24-31(29-12-9-19-40-25-29)36(44)27-10-5-3-6-11-27/h3-8,10-11,13-16,23,26,29,31,34,40H,9,12,17-22,24-25H2,1-2H3,(H,41,43). The summed E-state index contributed by atoms with van der Waals surface area (Å²) >= 11 is 13.0. The van der Waals surface area contributed by atoms with Crippen molar-refractivity contribution in [3.63, 3.8) is 0 Å². The number of nitrogens with zero attached hydrogens (tertiary/aromatic N) is 1. The van der Waals surface area contributed by atoms with Crippen molar-refractivity contribution in [3.8, 4) is 0 Å². The average Bonchev–Trinajstić information content (AvgIpc) is 3.04. The monoisotopic (exact) mass is 633 g/mol. The number of Topliss-reactive ketones (excluding diaryl/α,β-unsaturated/α-hetero) is 1. The topological polar surface area (TPSA) is 61.4 Å². The zero-order valence-corrected chi connectivity index (χ0v) is 27.4. The number of carbonyl (C=O) groups is 2. The molecule has 0 aliphatic carbocycles. The van der Waals surface area contributed by atoms with Crippen LogP contribution >= 0.6 is 23.2 Å². The summed E-state index contributed by atoms with van der Waals surface area (Å²) in [6.45, 7) is 7.54. The van der Waals surface area contributed by atoms with E-state index in [1.807, 2.05) is 48.5 Å². The first-order valence-electron chi connectivity index (χ1n) is 16.1. The molecule has 3 atom stereocenters. The molecule has 5 nitrogen and oxygen atoms in total. The molecule has 0 saturated carbocycles. The molecule has 2 aliphatic heterocycles. The summed E-state index contributed by atoms with van der Waals surface area (Å²) in [5.41, 5.74) is 2.56. The minimum absolute atomic E-state index is 0.0236. The van der Waals surface area contributed by atoms with Crippen LogP contribution in [0.1, 0.15) is 79.9 Å². The molecule has 3 unspecified atom stereocenters. The van der Waals surface area contributed by atoms with Crippen LogP contribution in [0.3, 0.4) is 0 Å². The summed E-state index contributed by atoms with van der Waals surface area (Å²) in [6, 6.07) is 26.0. The molecular weight excluding hydrogens is 589 g/mol. The van der Waals surface area contributed by atoms with Crippen LogP contribution in [0, 0.1) is 17.8 Å². The molecular formula is C37H45Cl2N3O2. The Kier molecular flexibility index (Phi) is 11.2. The normalized spacial score (nSPS) is 20.2. The number of piperidine rings is 2. The summed E-state index contributed by atoms with van der Waals surface area (Å²) in [4.78, 5) is 29.8. The van der Waals surface area contributed by atoms with E-state index >= 15 is 0 Å². The highest BCUT2D eigenvalue weighted by molar-refractivity contribution is 6.42. The SMILES string of the molecule is CC(C)CC(=O)NC1(c2ccccc2)CCN(C(CC(C(=O)c2ccccc2)C2CCCNC2)c2ccc(Cl)c(Cl)c2)CC1. The van der Waals surface area contributed by atoms with E-state index in [1.54, 1.807) is 0 Å². The lowest BCUT2D eigenvalue weighted by atomic mass is 9.75. The van der Waals surface area contributed by atoms with Crippen LogP contribution in [0.2, 0.25) is 10.0 Å². The zero-order valence-electron chi connectivity index (χ0n) is 25.9. The van der Waals surface area contributed by atoms with Gasteiger partial charge in [-0.25, -0.2) is 0 Å². The van der Waals surface area contributed by atoms with Gasteiger partial charge in [0.25, 0.3) is 0 Å². The van der Waals surface area contributed by atoms with Crippen molar-refractivity contribution in [2.45, 2.75) is 64.0 Å². The number of benzene rings is 3. The minimum Gasteiger partial charge on any atom is -0.346 e. The van der Waals surface area contributed by atoms with Gasteiger partial charge in [-0.2, -0.15) is 0 Å². The van der Waals surface area contributed by atoms with Gasteiger partial charge in [0.2, 0.25) is 5.91 Å². The molecule has 44 heavy (non-hydrogen) atoms. The van der Waals surface area contributed by atoms with Crippen LogP contribution in [0.5, 0.6) is 0 Å². The number of halogens is 2. The largest absolute Gasteiger partial charge is 0.346 e. The summed E-state index contributed by atoms with van der Waals surface area (Å²) in [6.07, 6.45) is 4.85. The lowest BCUT2D eigenvalue weighted by molar-refractivity contribution is -0.124. The van der Waals surface area contributed by atoms with Gasteiger partial charge in [-0.15, -0.1) is 0 Å². The number of amides is 1. The molecule has 2 fully saturated rings. The van der Waals surface area contributed by atoms with Crippen molar-refractivity contribution >= 4 is 34.9 Å². The highest BCUT2D eigenvalue weighted by atomic mass is 35.5. The fourth-order valence-corrected chi connectivity index (χ4v) is 7.46. The highest BCUT2D eigenvalue weighted by Gasteiger charge is 2.41. The Labute approximate surface area is 272 Å². The lowest BCUT2D eigenvalue weighted by Crippen LogP contribution is -2.54. The molecule has 7 heteroatoms. The summed E-state index contributed by atoms with van der Waals surface area (Å²) in [5.74, 6) is 0.703. The molecule has 0 spiro atoms. The van der Waals surface area contributed by atoms with Gasteiger partial charge in [0.1, 0.15) is 0 Å². The van der Waals surface area contributed by atoms with Crippen molar-refractivity contribution < 1.29 is 9.59 Å². The van der Waals surface area contributed by atoms with Crippen LogP contribution in [0.25, 0.3) is 0 Å². The molecule has 0 aromatic heterocycles. The maximum absolute atomic E-state index is 14.2. The van der Waals surface area contributed by atoms with Crippen LogP contribution in [-0.2, 0) is 10.3 Å². The Morgan fingerprint density at radius 3 is 2.25 bits per heavy atom. The van der Waals surface area contributed by atoms with E-state index in [0.29, 0.717) is 22.9 Å². The molecule has 1 amide bonds. The number of carbonyl (C=O) groups excluding carboxylic acids is 2. The zero-order chi connectivity index (χ0) is 31.1. The Morgan fingerprint density at radius 1 is 0.955 bits per heavy atom. The van der Waals surface area contributed by atoms with E-state index < -0.39 is 5.54 Å². The third-order valence-corrected chi connectivity index (χ3v) is 10.2. The lowest BCUT2D eigenvalue weighted by Gasteiger charge is -2.46. The number of rotatable bonds is 11. The smallest absolute Gasteiger partial charge is 0.220 e. The van der Waals surface area contributed by atoms with Crippen molar-refractivity contribution in [2.75, 3.05) is 26.2 Å². The number of hydrogen-bond acceptors (Lipinski definition) is 4. The molecule has 3 aromatic rings. The molecule has 0 radical (unpaired) electrons. The van der Waals surface area contributed by atoms with Gasteiger partial charge in [-0.05, 0) is 80.3 Å². The number of ketones is 1. The van der Waals surface area contributed by atoms with Crippen LogP contribution in [0.15, 0.2) is 78.9 Å². The second-order valence-corrected chi connectivity index (χ2v) is 13.8. The summed E-state index contributed by atoms with van der Waals surface area (Å²) in [7, 11) is 0. The van der Waals surface area contributed by atoms with Gasteiger partial charge in [-0.3, -0.25) is 14.5 Å². The third-order valence-electron chi connectivity index (χ3n) is 9.50. The van der Waals surface area contributed by atoms with Gasteiger partial charge in [-0.1, -0.05) is 104 Å². The predicted octanol–water partition coefficient (Wildman–Crippen LogP) is 8.08. The van der Waals surface area contributed by atoms with E-state index in [9.17, 15) is 9.59 Å². The molecule has 0 bridgehead atoms. The van der Waals surface area contributed by atoms with Gasteiger partial charge in [0.05, 0.1) is 15.6 Å². The van der Waals surface area contributed by atoms with Crippen LogP contribution in [0.4, 0.5) is 0 Å². The van der Waals surface area contributed by atoms with Crippen molar-refractivity contribution in [2.24, 2.45) is 17.8 Å². The van der Waals surface area contributed by atoms with Crippen LogP contribution < -0.4 is 10.6 Å². The first kappa shape index (κ1) is 32.7. The molecule has 2 saturated heterocycles. The van der Waals surface area contributed by atoms with Gasteiger partial charge < -0.3 is 10.6 Å². The quantitative estimate of drug-likeness (QED) is 0.210. The Bertz CT molecular complexity index is 1380. The molecule has 234 valence electrons. The van der Waals surface area contributed by atoms with Crippen molar-refractivity contribution in [3.05, 3.63) is 106 Å². The average molecular weight is 635 g/mol. The van der Waals surface area contributed by atoms with E-state index in [0.717, 1.165) is 68.6 Å². The number of likely N-dealkylation sites (tertiary alicyclic amines) is 1. The number of hydrogen-bond donors (Lipinski definition) is 2. The Morgan fingerprint density at radius 2 is 1.64 bits per heavy atom. The predicted molar refractivity (Wildman–Crippen MR) is 180 cm³/mol. The maximum Gasteiger partial charge on any atom is 0.220 e. The van der Waals surface area contributed by atoms with E-state index in [1.165, 1.54) is 0 Å². The summed E-state index contributed by atoms with van der Waals surface area (Å²) in [5, 5.41) is 8.06. The van der Waals surface area contributed by atoms with Crippen molar-refractivity contribution in [1.29, 1.82) is 0 Å². The van der Waals surface area contributed by atoms with E-state index in [-0.39, 0.29) is 35.5 Å².